The molecule has 3 nitrogen and oxygen atoms in total. The van der Waals surface area contributed by atoms with Gasteiger partial charge in [-0.05, 0) is 24.1 Å². The zero-order valence-corrected chi connectivity index (χ0v) is 7.10. The number of hydrogen-bond donors (Lipinski definition) is 0. The molecule has 0 N–H and O–H groups in total. The van der Waals surface area contributed by atoms with Gasteiger partial charge in [0.1, 0.15) is 6.61 Å². The van der Waals surface area contributed by atoms with Gasteiger partial charge in [0.2, 0.25) is 0 Å². The summed E-state index contributed by atoms with van der Waals surface area (Å²) in [4.78, 5) is 8.82. The van der Waals surface area contributed by atoms with Crippen LogP contribution in [0.3, 0.4) is 0 Å². The minimum absolute atomic E-state index is 0.668. The average molecular weight is 164 g/mol. The summed E-state index contributed by atoms with van der Waals surface area (Å²) in [6.45, 7) is 2.71. The fourth-order valence-corrected chi connectivity index (χ4v) is 0.692. The van der Waals surface area contributed by atoms with E-state index >= 15 is 0 Å². The second-order valence-corrected chi connectivity index (χ2v) is 2.35. The topological polar surface area (TPSA) is 34.5 Å². The van der Waals surface area contributed by atoms with Crippen molar-refractivity contribution in [3.8, 4) is 0 Å². The maximum absolute atomic E-state index is 4.94. The maximum Gasteiger partial charge on any atom is 0.116 e. The van der Waals surface area contributed by atoms with Gasteiger partial charge in [0.25, 0.3) is 0 Å². The predicted octanol–water partition coefficient (Wildman–Crippen LogP) is 1.84. The van der Waals surface area contributed by atoms with Crippen molar-refractivity contribution in [1.29, 1.82) is 0 Å². The van der Waals surface area contributed by atoms with Crippen molar-refractivity contribution >= 4 is 6.21 Å². The smallest absolute Gasteiger partial charge is 0.116 e. The van der Waals surface area contributed by atoms with Gasteiger partial charge in [0.15, 0.2) is 0 Å². The number of nitrogens with zero attached hydrogens (tertiary/aromatic N) is 2. The van der Waals surface area contributed by atoms with Gasteiger partial charge in [0, 0.05) is 12.4 Å². The SMILES string of the molecule is CCCO/N=C\c1ccncc1. The van der Waals surface area contributed by atoms with Crippen molar-refractivity contribution in [2.45, 2.75) is 13.3 Å². The van der Waals surface area contributed by atoms with Crippen LogP contribution in [0.5, 0.6) is 0 Å². The highest BCUT2D eigenvalue weighted by Gasteiger charge is 1.83. The Morgan fingerprint density at radius 1 is 1.50 bits per heavy atom. The summed E-state index contributed by atoms with van der Waals surface area (Å²) in [6, 6.07) is 3.75. The second-order valence-electron chi connectivity index (χ2n) is 2.35. The molecule has 1 heterocycles. The van der Waals surface area contributed by atoms with Crippen LogP contribution in [0.4, 0.5) is 0 Å². The molecule has 1 aromatic heterocycles. The van der Waals surface area contributed by atoms with Crippen molar-refractivity contribution < 1.29 is 4.84 Å². The summed E-state index contributed by atoms with van der Waals surface area (Å²) in [5.41, 5.74) is 1.00. The summed E-state index contributed by atoms with van der Waals surface area (Å²) >= 11 is 0. The summed E-state index contributed by atoms with van der Waals surface area (Å²) in [6.07, 6.45) is 6.10. The molecule has 12 heavy (non-hydrogen) atoms. The van der Waals surface area contributed by atoms with Crippen LogP contribution in [0.2, 0.25) is 0 Å². The molecule has 0 amide bonds. The van der Waals surface area contributed by atoms with Gasteiger partial charge in [-0.2, -0.15) is 0 Å². The molecule has 0 unspecified atom stereocenters. The summed E-state index contributed by atoms with van der Waals surface area (Å²) < 4.78 is 0. The van der Waals surface area contributed by atoms with Gasteiger partial charge in [-0.1, -0.05) is 12.1 Å². The molecule has 0 aliphatic heterocycles. The van der Waals surface area contributed by atoms with Crippen LogP contribution >= 0.6 is 0 Å². The van der Waals surface area contributed by atoms with Crippen molar-refractivity contribution in [2.75, 3.05) is 6.61 Å². The number of pyridine rings is 1. The minimum Gasteiger partial charge on any atom is -0.396 e. The second kappa shape index (κ2) is 5.29. The molecular weight excluding hydrogens is 152 g/mol. The third-order valence-corrected chi connectivity index (χ3v) is 1.28. The standard InChI is InChI=1S/C9H12N2O/c1-2-7-12-11-8-9-3-5-10-6-4-9/h3-6,8H,2,7H2,1H3/b11-8-. The van der Waals surface area contributed by atoms with Crippen molar-refractivity contribution in [3.05, 3.63) is 30.1 Å². The molecule has 3 heteroatoms. The Kier molecular flexibility index (Phi) is 3.84. The molecule has 0 aliphatic carbocycles. The Hall–Kier alpha value is -1.38. The first-order chi connectivity index (χ1) is 5.93. The lowest BCUT2D eigenvalue weighted by atomic mass is 10.3. The number of rotatable bonds is 4. The van der Waals surface area contributed by atoms with E-state index in [1.54, 1.807) is 18.6 Å². The lowest BCUT2D eigenvalue weighted by Gasteiger charge is -1.93. The van der Waals surface area contributed by atoms with E-state index in [4.69, 9.17) is 4.84 Å². The molecule has 0 spiro atoms. The van der Waals surface area contributed by atoms with E-state index in [1.165, 1.54) is 0 Å². The van der Waals surface area contributed by atoms with Crippen LogP contribution in [-0.2, 0) is 4.84 Å². The molecule has 0 atom stereocenters. The Balaban J connectivity index is 2.36. The van der Waals surface area contributed by atoms with Crippen LogP contribution in [0.25, 0.3) is 0 Å². The molecule has 0 radical (unpaired) electrons. The van der Waals surface area contributed by atoms with E-state index < -0.39 is 0 Å². The number of oxime groups is 1. The summed E-state index contributed by atoms with van der Waals surface area (Å²) in [5.74, 6) is 0. The Labute approximate surface area is 72.1 Å². The summed E-state index contributed by atoms with van der Waals surface area (Å²) in [5, 5.41) is 3.78. The lowest BCUT2D eigenvalue weighted by Crippen LogP contribution is -1.86. The molecule has 1 aromatic rings. The minimum atomic E-state index is 0.668. The summed E-state index contributed by atoms with van der Waals surface area (Å²) in [7, 11) is 0. The van der Waals surface area contributed by atoms with Gasteiger partial charge in [-0.25, -0.2) is 0 Å². The first kappa shape index (κ1) is 8.71. The zero-order valence-electron chi connectivity index (χ0n) is 7.10. The Morgan fingerprint density at radius 3 is 2.92 bits per heavy atom. The molecule has 1 rings (SSSR count). The van der Waals surface area contributed by atoms with Crippen molar-refractivity contribution in [1.82, 2.24) is 4.98 Å². The molecule has 64 valence electrons. The zero-order chi connectivity index (χ0) is 8.65. The lowest BCUT2D eigenvalue weighted by molar-refractivity contribution is 0.146. The first-order valence-corrected chi connectivity index (χ1v) is 3.99. The van der Waals surface area contributed by atoms with Gasteiger partial charge >= 0.3 is 0 Å². The van der Waals surface area contributed by atoms with Crippen LogP contribution in [0.15, 0.2) is 29.7 Å². The van der Waals surface area contributed by atoms with Gasteiger partial charge in [-0.15, -0.1) is 0 Å². The third kappa shape index (κ3) is 3.14. The van der Waals surface area contributed by atoms with Crippen LogP contribution in [-0.4, -0.2) is 17.8 Å². The fraction of sp³-hybridized carbons (Fsp3) is 0.333. The van der Waals surface area contributed by atoms with E-state index in [0.717, 1.165) is 12.0 Å². The van der Waals surface area contributed by atoms with E-state index in [2.05, 4.69) is 10.1 Å². The van der Waals surface area contributed by atoms with Crippen molar-refractivity contribution in [2.24, 2.45) is 5.16 Å². The van der Waals surface area contributed by atoms with Crippen LogP contribution in [0.1, 0.15) is 18.9 Å². The average Bonchev–Trinajstić information content (AvgIpc) is 2.14. The molecule has 0 bridgehead atoms. The highest BCUT2D eigenvalue weighted by molar-refractivity contribution is 5.78. The quantitative estimate of drug-likeness (QED) is 0.386. The van der Waals surface area contributed by atoms with Crippen LogP contribution < -0.4 is 0 Å². The fourth-order valence-electron chi connectivity index (χ4n) is 0.692. The number of aromatic nitrogens is 1. The van der Waals surface area contributed by atoms with Crippen LogP contribution in [0, 0.1) is 0 Å². The molecular formula is C9H12N2O. The normalized spacial score (nSPS) is 10.4. The van der Waals surface area contributed by atoms with Gasteiger partial charge in [-0.3, -0.25) is 4.98 Å². The Bertz CT molecular complexity index is 234. The molecule has 0 fully saturated rings. The molecule has 0 aromatic carbocycles. The maximum atomic E-state index is 4.94. The molecule has 0 saturated carbocycles. The molecule has 0 aliphatic rings. The number of hydrogen-bond acceptors (Lipinski definition) is 3. The predicted molar refractivity (Wildman–Crippen MR) is 48.1 cm³/mol. The third-order valence-electron chi connectivity index (χ3n) is 1.28. The van der Waals surface area contributed by atoms with Crippen molar-refractivity contribution in [3.63, 3.8) is 0 Å². The highest BCUT2D eigenvalue weighted by atomic mass is 16.6. The molecule has 0 saturated heterocycles. The monoisotopic (exact) mass is 164 g/mol. The first-order valence-electron chi connectivity index (χ1n) is 3.99. The Morgan fingerprint density at radius 2 is 2.25 bits per heavy atom. The largest absolute Gasteiger partial charge is 0.396 e. The van der Waals surface area contributed by atoms with Gasteiger partial charge < -0.3 is 4.84 Å². The van der Waals surface area contributed by atoms with E-state index in [9.17, 15) is 0 Å². The van der Waals surface area contributed by atoms with E-state index in [1.807, 2.05) is 19.1 Å². The van der Waals surface area contributed by atoms with E-state index in [0.29, 0.717) is 6.61 Å². The van der Waals surface area contributed by atoms with Gasteiger partial charge in [0.05, 0.1) is 6.21 Å². The highest BCUT2D eigenvalue weighted by Crippen LogP contribution is 1.91. The van der Waals surface area contributed by atoms with E-state index in [-0.39, 0.29) is 0 Å².